The number of fused-ring (bicyclic) bond motifs is 1. The number of nitrogens with zero attached hydrogens (tertiary/aromatic N) is 1. The third-order valence-electron chi connectivity index (χ3n) is 4.17. The van der Waals surface area contributed by atoms with Crippen LogP contribution in [0.4, 0.5) is 13.2 Å². The average Bonchev–Trinajstić information content (AvgIpc) is 3.17. The molecule has 1 N–H and O–H groups in total. The molecule has 1 aromatic heterocycles. The predicted octanol–water partition coefficient (Wildman–Crippen LogP) is 2.81. The average molecular weight is 438 g/mol. The van der Waals surface area contributed by atoms with E-state index in [9.17, 15) is 27.6 Å². The predicted molar refractivity (Wildman–Crippen MR) is 97.7 cm³/mol. The van der Waals surface area contributed by atoms with Crippen molar-refractivity contribution >= 4 is 23.5 Å². The molecule has 0 saturated heterocycles. The van der Waals surface area contributed by atoms with Crippen LogP contribution in [0.25, 0.3) is 0 Å². The van der Waals surface area contributed by atoms with E-state index in [1.165, 1.54) is 6.07 Å². The minimum atomic E-state index is -4.90. The maximum absolute atomic E-state index is 13.0. The fourth-order valence-electron chi connectivity index (χ4n) is 2.73. The van der Waals surface area contributed by atoms with Gasteiger partial charge in [0.2, 0.25) is 5.56 Å². The Bertz CT molecular complexity index is 1100. The summed E-state index contributed by atoms with van der Waals surface area (Å²) >= 11 is 0.508. The summed E-state index contributed by atoms with van der Waals surface area (Å²) in [5.41, 5.74) is -1.05. The number of esters is 1. The standard InChI is InChI=1S/C19H13F3N2O5S/c20-19(21,22)14-4-16(26)24-18(13(14)5-23)30-9-17(27)29-8-15(25)10-1-2-11-6-28-7-12(11)3-10/h1-4H,6-9H2,(H,24,26). The smallest absolute Gasteiger partial charge is 0.417 e. The highest BCUT2D eigenvalue weighted by Gasteiger charge is 2.35. The number of carbonyl (C=O) groups is 2. The van der Waals surface area contributed by atoms with Gasteiger partial charge in [0.15, 0.2) is 12.4 Å². The monoisotopic (exact) mass is 438 g/mol. The zero-order chi connectivity index (χ0) is 21.9. The SMILES string of the molecule is N#Cc1c(C(F)(F)F)cc(=O)[nH]c1SCC(=O)OCC(=O)c1ccc2c(c1)COC2. The molecule has 1 aliphatic rings. The van der Waals surface area contributed by atoms with Crippen molar-refractivity contribution in [1.82, 2.24) is 4.98 Å². The van der Waals surface area contributed by atoms with Gasteiger partial charge in [-0.05, 0) is 17.2 Å². The number of H-pyrrole nitrogens is 1. The minimum absolute atomic E-state index is 0.279. The quantitative estimate of drug-likeness (QED) is 0.420. The second-order valence-electron chi connectivity index (χ2n) is 6.21. The highest BCUT2D eigenvalue weighted by molar-refractivity contribution is 7.99. The number of ketones is 1. The number of thioether (sulfide) groups is 1. The van der Waals surface area contributed by atoms with Crippen molar-refractivity contribution in [3.8, 4) is 6.07 Å². The fraction of sp³-hybridized carbons (Fsp3) is 0.263. The molecule has 30 heavy (non-hydrogen) atoms. The normalized spacial score (nSPS) is 12.9. The lowest BCUT2D eigenvalue weighted by Crippen LogP contribution is -2.18. The number of benzene rings is 1. The zero-order valence-electron chi connectivity index (χ0n) is 15.2. The van der Waals surface area contributed by atoms with Crippen molar-refractivity contribution in [2.24, 2.45) is 0 Å². The first kappa shape index (κ1) is 21.6. The van der Waals surface area contributed by atoms with Gasteiger partial charge in [-0.3, -0.25) is 14.4 Å². The second-order valence-corrected chi connectivity index (χ2v) is 7.20. The van der Waals surface area contributed by atoms with Gasteiger partial charge >= 0.3 is 12.1 Å². The molecule has 2 heterocycles. The molecular weight excluding hydrogens is 425 g/mol. The molecule has 0 amide bonds. The van der Waals surface area contributed by atoms with Gasteiger partial charge in [-0.2, -0.15) is 18.4 Å². The van der Waals surface area contributed by atoms with Crippen molar-refractivity contribution in [3.63, 3.8) is 0 Å². The van der Waals surface area contributed by atoms with Crippen molar-refractivity contribution in [2.75, 3.05) is 12.4 Å². The number of hydrogen-bond acceptors (Lipinski definition) is 7. The Morgan fingerprint density at radius 1 is 1.23 bits per heavy atom. The van der Waals surface area contributed by atoms with E-state index in [1.54, 1.807) is 18.2 Å². The number of ether oxygens (including phenoxy) is 2. The molecule has 3 rings (SSSR count). The highest BCUT2D eigenvalue weighted by Crippen LogP contribution is 2.34. The van der Waals surface area contributed by atoms with Crippen molar-refractivity contribution in [1.29, 1.82) is 5.26 Å². The van der Waals surface area contributed by atoms with E-state index < -0.39 is 52.0 Å². The third-order valence-corrected chi connectivity index (χ3v) is 5.14. The van der Waals surface area contributed by atoms with E-state index in [2.05, 4.69) is 4.98 Å². The Balaban J connectivity index is 1.61. The van der Waals surface area contributed by atoms with Crippen LogP contribution < -0.4 is 5.56 Å². The number of aromatic amines is 1. The molecular formula is C19H13F3N2O5S. The summed E-state index contributed by atoms with van der Waals surface area (Å²) in [5, 5.41) is 8.63. The molecule has 0 saturated carbocycles. The van der Waals surface area contributed by atoms with Crippen LogP contribution in [0, 0.1) is 11.3 Å². The van der Waals surface area contributed by atoms with Crippen molar-refractivity contribution in [3.05, 3.63) is 62.4 Å². The van der Waals surface area contributed by atoms with Gasteiger partial charge in [0.25, 0.3) is 0 Å². The van der Waals surface area contributed by atoms with E-state index in [4.69, 9.17) is 14.7 Å². The highest BCUT2D eigenvalue weighted by atomic mass is 32.2. The topological polar surface area (TPSA) is 109 Å². The molecule has 7 nitrogen and oxygen atoms in total. The maximum Gasteiger partial charge on any atom is 0.417 e. The van der Waals surface area contributed by atoms with E-state index in [0.29, 0.717) is 30.5 Å². The molecule has 0 atom stereocenters. The van der Waals surface area contributed by atoms with Gasteiger partial charge in [0, 0.05) is 11.6 Å². The molecule has 0 spiro atoms. The van der Waals surface area contributed by atoms with E-state index in [0.717, 1.165) is 11.1 Å². The van der Waals surface area contributed by atoms with E-state index in [1.807, 2.05) is 0 Å². The van der Waals surface area contributed by atoms with Gasteiger partial charge in [-0.25, -0.2) is 0 Å². The van der Waals surface area contributed by atoms with Gasteiger partial charge < -0.3 is 14.5 Å². The molecule has 0 fully saturated rings. The number of carbonyl (C=O) groups excluding carboxylic acids is 2. The van der Waals surface area contributed by atoms with Gasteiger partial charge in [-0.1, -0.05) is 23.9 Å². The number of halogens is 3. The number of aromatic nitrogens is 1. The van der Waals surface area contributed by atoms with Gasteiger partial charge in [-0.15, -0.1) is 0 Å². The number of Topliss-reactive ketones (excluding diaryl/α,β-unsaturated/α-hetero) is 1. The van der Waals surface area contributed by atoms with Crippen LogP contribution >= 0.6 is 11.8 Å². The summed E-state index contributed by atoms with van der Waals surface area (Å²) in [6.45, 7) is 0.310. The number of alkyl halides is 3. The molecule has 0 aliphatic carbocycles. The summed E-state index contributed by atoms with van der Waals surface area (Å²) in [6.07, 6.45) is -4.90. The van der Waals surface area contributed by atoms with Crippen LogP contribution in [-0.4, -0.2) is 29.1 Å². The lowest BCUT2D eigenvalue weighted by molar-refractivity contribution is -0.139. The largest absolute Gasteiger partial charge is 0.457 e. The molecule has 11 heteroatoms. The van der Waals surface area contributed by atoms with Crippen LogP contribution in [0.1, 0.15) is 32.6 Å². The molecule has 1 aliphatic heterocycles. The molecule has 156 valence electrons. The van der Waals surface area contributed by atoms with Gasteiger partial charge in [0.1, 0.15) is 6.07 Å². The van der Waals surface area contributed by atoms with Crippen molar-refractivity contribution in [2.45, 2.75) is 24.4 Å². The fourth-order valence-corrected chi connectivity index (χ4v) is 3.54. The Morgan fingerprint density at radius 2 is 1.97 bits per heavy atom. The van der Waals surface area contributed by atoms with Crippen LogP contribution in [0.3, 0.4) is 0 Å². The molecule has 0 radical (unpaired) electrons. The first-order valence-electron chi connectivity index (χ1n) is 8.45. The minimum Gasteiger partial charge on any atom is -0.457 e. The Hall–Kier alpha value is -3.10. The number of rotatable bonds is 6. The summed E-state index contributed by atoms with van der Waals surface area (Å²) in [7, 11) is 0. The lowest BCUT2D eigenvalue weighted by atomic mass is 10.0. The van der Waals surface area contributed by atoms with E-state index in [-0.39, 0.29) is 6.07 Å². The number of nitrogens with one attached hydrogen (secondary N) is 1. The second kappa shape index (κ2) is 8.73. The van der Waals surface area contributed by atoms with E-state index >= 15 is 0 Å². The lowest BCUT2D eigenvalue weighted by Gasteiger charge is -2.11. The summed E-state index contributed by atoms with van der Waals surface area (Å²) in [5.74, 6) is -1.84. The number of pyridine rings is 1. The Kier molecular flexibility index (Phi) is 6.28. The summed E-state index contributed by atoms with van der Waals surface area (Å²) in [4.78, 5) is 37.7. The Labute approximate surface area is 171 Å². The molecule has 0 unspecified atom stereocenters. The molecule has 2 aromatic rings. The zero-order valence-corrected chi connectivity index (χ0v) is 16.0. The van der Waals surface area contributed by atoms with Crippen molar-refractivity contribution < 1.29 is 32.2 Å². The van der Waals surface area contributed by atoms with Crippen LogP contribution in [0.2, 0.25) is 0 Å². The first-order chi connectivity index (χ1) is 14.2. The Morgan fingerprint density at radius 3 is 2.67 bits per heavy atom. The molecule has 1 aromatic carbocycles. The van der Waals surface area contributed by atoms with Crippen LogP contribution in [0.15, 0.2) is 34.1 Å². The van der Waals surface area contributed by atoms with Crippen LogP contribution in [0.5, 0.6) is 0 Å². The van der Waals surface area contributed by atoms with Gasteiger partial charge in [0.05, 0.1) is 35.1 Å². The summed E-state index contributed by atoms with van der Waals surface area (Å²) < 4.78 is 49.1. The maximum atomic E-state index is 13.0. The van der Waals surface area contributed by atoms with Crippen LogP contribution in [-0.2, 0) is 33.7 Å². The number of nitriles is 1. The first-order valence-corrected chi connectivity index (χ1v) is 9.43. The molecule has 0 bridgehead atoms. The summed E-state index contributed by atoms with van der Waals surface area (Å²) in [6, 6.07) is 6.66. The number of hydrogen-bond donors (Lipinski definition) is 1. The third kappa shape index (κ3) is 4.90.